The largest absolute Gasteiger partial charge is 0.337 e. The minimum Gasteiger partial charge on any atom is -0.337 e. The van der Waals surface area contributed by atoms with Crippen LogP contribution in [0.15, 0.2) is 28.9 Å². The summed E-state index contributed by atoms with van der Waals surface area (Å²) in [5.41, 5.74) is 0.754. The van der Waals surface area contributed by atoms with Gasteiger partial charge in [0.15, 0.2) is 0 Å². The van der Waals surface area contributed by atoms with Gasteiger partial charge in [-0.25, -0.2) is 0 Å². The van der Waals surface area contributed by atoms with Crippen LogP contribution < -0.4 is 0 Å². The van der Waals surface area contributed by atoms with Gasteiger partial charge in [-0.1, -0.05) is 17.6 Å². The molecular weight excluding hydrogens is 240 g/mol. The molecule has 3 heterocycles. The molecule has 0 radical (unpaired) electrons. The van der Waals surface area contributed by atoms with Crippen LogP contribution >= 0.6 is 0 Å². The SMILES string of the molecule is C[C@@H]1CCCCN1Cc1nc(-c2ccccn2)no1. The molecule has 0 unspecified atom stereocenters. The van der Waals surface area contributed by atoms with E-state index in [1.165, 1.54) is 19.3 Å². The fraction of sp³-hybridized carbons (Fsp3) is 0.500. The molecule has 3 rings (SSSR count). The summed E-state index contributed by atoms with van der Waals surface area (Å²) in [6, 6.07) is 6.28. The summed E-state index contributed by atoms with van der Waals surface area (Å²) < 4.78 is 5.33. The van der Waals surface area contributed by atoms with Crippen LogP contribution in [0.2, 0.25) is 0 Å². The number of piperidine rings is 1. The van der Waals surface area contributed by atoms with Crippen molar-refractivity contribution in [2.75, 3.05) is 6.54 Å². The van der Waals surface area contributed by atoms with Gasteiger partial charge in [0.25, 0.3) is 0 Å². The van der Waals surface area contributed by atoms with E-state index in [9.17, 15) is 0 Å². The Morgan fingerprint density at radius 1 is 1.37 bits per heavy atom. The van der Waals surface area contributed by atoms with Crippen molar-refractivity contribution < 1.29 is 4.52 Å². The number of aromatic nitrogens is 3. The van der Waals surface area contributed by atoms with Crippen molar-refractivity contribution in [3.05, 3.63) is 30.3 Å². The molecule has 0 N–H and O–H groups in total. The van der Waals surface area contributed by atoms with E-state index in [2.05, 4.69) is 26.9 Å². The Kier molecular flexibility index (Phi) is 3.55. The summed E-state index contributed by atoms with van der Waals surface area (Å²) in [7, 11) is 0. The molecule has 1 aliphatic rings. The Balaban J connectivity index is 1.71. The molecule has 1 fully saturated rings. The maximum absolute atomic E-state index is 5.33. The molecule has 1 atom stereocenters. The van der Waals surface area contributed by atoms with Gasteiger partial charge in [0, 0.05) is 12.2 Å². The first-order valence-corrected chi connectivity index (χ1v) is 6.81. The maximum atomic E-state index is 5.33. The zero-order valence-electron chi connectivity index (χ0n) is 11.1. The van der Waals surface area contributed by atoms with Crippen LogP contribution in [0.4, 0.5) is 0 Å². The van der Waals surface area contributed by atoms with Crippen molar-refractivity contribution in [1.82, 2.24) is 20.0 Å². The Morgan fingerprint density at radius 3 is 3.11 bits per heavy atom. The molecule has 19 heavy (non-hydrogen) atoms. The standard InChI is InChI=1S/C14H18N4O/c1-11-6-3-5-9-18(11)10-13-16-14(17-19-13)12-7-2-4-8-15-12/h2,4,7-8,11H,3,5-6,9-10H2,1H3/t11-/m1/s1. The number of hydrogen-bond donors (Lipinski definition) is 0. The molecule has 1 aliphatic heterocycles. The second kappa shape index (κ2) is 5.48. The lowest BCUT2D eigenvalue weighted by atomic mass is 10.0. The van der Waals surface area contributed by atoms with Crippen LogP contribution in [0.3, 0.4) is 0 Å². The van der Waals surface area contributed by atoms with E-state index in [-0.39, 0.29) is 0 Å². The lowest BCUT2D eigenvalue weighted by molar-refractivity contribution is 0.135. The summed E-state index contributed by atoms with van der Waals surface area (Å²) in [6.45, 7) is 4.11. The van der Waals surface area contributed by atoms with E-state index >= 15 is 0 Å². The normalized spacial score (nSPS) is 20.6. The van der Waals surface area contributed by atoms with E-state index in [4.69, 9.17) is 4.52 Å². The average molecular weight is 258 g/mol. The van der Waals surface area contributed by atoms with Crippen molar-refractivity contribution in [2.24, 2.45) is 0 Å². The first-order valence-electron chi connectivity index (χ1n) is 6.81. The Bertz CT molecular complexity index is 525. The minimum absolute atomic E-state index is 0.570. The third kappa shape index (κ3) is 2.81. The molecule has 0 bridgehead atoms. The molecule has 5 nitrogen and oxygen atoms in total. The smallest absolute Gasteiger partial charge is 0.241 e. The van der Waals surface area contributed by atoms with Crippen molar-refractivity contribution in [3.63, 3.8) is 0 Å². The highest BCUT2D eigenvalue weighted by molar-refractivity contribution is 5.46. The summed E-state index contributed by atoms with van der Waals surface area (Å²) in [5.74, 6) is 1.25. The Hall–Kier alpha value is -1.75. The van der Waals surface area contributed by atoms with Gasteiger partial charge < -0.3 is 4.52 Å². The summed E-state index contributed by atoms with van der Waals surface area (Å²) in [4.78, 5) is 11.1. The number of rotatable bonds is 3. The van der Waals surface area contributed by atoms with E-state index in [1.54, 1.807) is 6.20 Å². The highest BCUT2D eigenvalue weighted by atomic mass is 16.5. The molecule has 0 amide bonds. The molecular formula is C14H18N4O. The Morgan fingerprint density at radius 2 is 2.32 bits per heavy atom. The van der Waals surface area contributed by atoms with Gasteiger partial charge >= 0.3 is 0 Å². The van der Waals surface area contributed by atoms with Crippen molar-refractivity contribution >= 4 is 0 Å². The average Bonchev–Trinajstić information content (AvgIpc) is 2.91. The molecule has 0 aromatic carbocycles. The lowest BCUT2D eigenvalue weighted by Crippen LogP contribution is -2.36. The van der Waals surface area contributed by atoms with E-state index in [0.717, 1.165) is 18.8 Å². The van der Waals surface area contributed by atoms with Crippen LogP contribution in [-0.4, -0.2) is 32.6 Å². The fourth-order valence-corrected chi connectivity index (χ4v) is 2.48. The molecule has 0 aliphatic carbocycles. The van der Waals surface area contributed by atoms with Crippen LogP contribution in [0.25, 0.3) is 11.5 Å². The predicted molar refractivity (Wildman–Crippen MR) is 71.3 cm³/mol. The first kappa shape index (κ1) is 12.3. The van der Waals surface area contributed by atoms with Crippen LogP contribution in [0.5, 0.6) is 0 Å². The molecule has 2 aromatic rings. The zero-order valence-corrected chi connectivity index (χ0v) is 11.1. The number of hydrogen-bond acceptors (Lipinski definition) is 5. The van der Waals surface area contributed by atoms with Crippen molar-refractivity contribution in [1.29, 1.82) is 0 Å². The van der Waals surface area contributed by atoms with Gasteiger partial charge in [0.05, 0.1) is 6.54 Å². The number of nitrogens with zero attached hydrogens (tertiary/aromatic N) is 4. The van der Waals surface area contributed by atoms with Gasteiger partial charge in [0.1, 0.15) is 5.69 Å². The van der Waals surface area contributed by atoms with Crippen molar-refractivity contribution in [2.45, 2.75) is 38.8 Å². The van der Waals surface area contributed by atoms with Crippen molar-refractivity contribution in [3.8, 4) is 11.5 Å². The predicted octanol–water partition coefficient (Wildman–Crippen LogP) is 2.51. The molecule has 100 valence electrons. The van der Waals surface area contributed by atoms with Gasteiger partial charge in [0.2, 0.25) is 11.7 Å². The maximum Gasteiger partial charge on any atom is 0.241 e. The molecule has 5 heteroatoms. The number of likely N-dealkylation sites (tertiary alicyclic amines) is 1. The summed E-state index contributed by atoms with van der Waals surface area (Å²) >= 11 is 0. The molecule has 1 saturated heterocycles. The van der Waals surface area contributed by atoms with Crippen LogP contribution in [-0.2, 0) is 6.54 Å². The van der Waals surface area contributed by atoms with Gasteiger partial charge in [-0.2, -0.15) is 4.98 Å². The van der Waals surface area contributed by atoms with E-state index < -0.39 is 0 Å². The summed E-state index contributed by atoms with van der Waals surface area (Å²) in [5, 5.41) is 4.00. The minimum atomic E-state index is 0.570. The fourth-order valence-electron chi connectivity index (χ4n) is 2.48. The van der Waals surface area contributed by atoms with Gasteiger partial charge in [-0.05, 0) is 38.4 Å². The molecule has 0 spiro atoms. The molecule has 2 aromatic heterocycles. The van der Waals surface area contributed by atoms with Gasteiger partial charge in [-0.3, -0.25) is 9.88 Å². The lowest BCUT2D eigenvalue weighted by Gasteiger charge is -2.31. The summed E-state index contributed by atoms with van der Waals surface area (Å²) in [6.07, 6.45) is 5.56. The second-order valence-corrected chi connectivity index (χ2v) is 5.04. The highest BCUT2D eigenvalue weighted by Gasteiger charge is 2.21. The Labute approximate surface area is 112 Å². The third-order valence-electron chi connectivity index (χ3n) is 3.64. The monoisotopic (exact) mass is 258 g/mol. The first-order chi connectivity index (χ1) is 9.33. The van der Waals surface area contributed by atoms with E-state index in [0.29, 0.717) is 17.8 Å². The quantitative estimate of drug-likeness (QED) is 0.846. The van der Waals surface area contributed by atoms with Crippen LogP contribution in [0.1, 0.15) is 32.1 Å². The highest BCUT2D eigenvalue weighted by Crippen LogP contribution is 2.19. The molecule has 0 saturated carbocycles. The topological polar surface area (TPSA) is 55.1 Å². The number of pyridine rings is 1. The van der Waals surface area contributed by atoms with Crippen LogP contribution in [0, 0.1) is 0 Å². The third-order valence-corrected chi connectivity index (χ3v) is 3.64. The second-order valence-electron chi connectivity index (χ2n) is 5.04. The van der Waals surface area contributed by atoms with Gasteiger partial charge in [-0.15, -0.1) is 0 Å². The van der Waals surface area contributed by atoms with E-state index in [1.807, 2.05) is 18.2 Å². The zero-order chi connectivity index (χ0) is 13.1.